The largest absolute Gasteiger partial charge is 0.396 e. The van der Waals surface area contributed by atoms with E-state index in [1.165, 1.54) is 6.08 Å². The Labute approximate surface area is 128 Å². The first-order valence-corrected chi connectivity index (χ1v) is 7.48. The van der Waals surface area contributed by atoms with Crippen LogP contribution in [0.5, 0.6) is 0 Å². The maximum atomic E-state index is 9.70. The van der Waals surface area contributed by atoms with E-state index in [0.717, 1.165) is 44.9 Å². The molecule has 0 fully saturated rings. The van der Waals surface area contributed by atoms with Crippen molar-refractivity contribution in [2.75, 3.05) is 6.61 Å². The Balaban J connectivity index is 3.66. The molecule has 0 aliphatic carbocycles. The van der Waals surface area contributed by atoms with Gasteiger partial charge in [0.15, 0.2) is 0 Å². The first-order valence-electron chi connectivity index (χ1n) is 7.48. The van der Waals surface area contributed by atoms with Crippen LogP contribution in [0.25, 0.3) is 0 Å². The summed E-state index contributed by atoms with van der Waals surface area (Å²) in [5.74, 6) is 10.2. The molecular weight excluding hydrogens is 264 g/mol. The molecule has 0 saturated carbocycles. The van der Waals surface area contributed by atoms with Crippen LogP contribution in [0, 0.1) is 23.7 Å². The maximum absolute atomic E-state index is 9.70. The highest BCUT2D eigenvalue weighted by Gasteiger charge is 1.98. The second-order valence-electron chi connectivity index (χ2n) is 4.78. The normalized spacial score (nSPS) is 12.9. The molecule has 0 aliphatic rings. The Morgan fingerprint density at radius 3 is 2.29 bits per heavy atom. The van der Waals surface area contributed by atoms with Gasteiger partial charge >= 0.3 is 0 Å². The van der Waals surface area contributed by atoms with Crippen molar-refractivity contribution in [2.24, 2.45) is 0 Å². The van der Waals surface area contributed by atoms with E-state index in [0.29, 0.717) is 0 Å². The number of hydrogen-bond donors (Lipinski definition) is 3. The zero-order chi connectivity index (χ0) is 15.8. The molecule has 3 heteroatoms. The van der Waals surface area contributed by atoms with Crippen LogP contribution in [-0.4, -0.2) is 34.1 Å². The summed E-state index contributed by atoms with van der Waals surface area (Å²) >= 11 is 0. The fourth-order valence-electron chi connectivity index (χ4n) is 1.67. The summed E-state index contributed by atoms with van der Waals surface area (Å²) in [4.78, 5) is 0. The highest BCUT2D eigenvalue weighted by molar-refractivity contribution is 5.32. The Kier molecular flexibility index (Phi) is 13.8. The van der Waals surface area contributed by atoms with Gasteiger partial charge in [-0.3, -0.25) is 0 Å². The van der Waals surface area contributed by atoms with Crippen LogP contribution < -0.4 is 0 Å². The molecule has 21 heavy (non-hydrogen) atoms. The van der Waals surface area contributed by atoms with Crippen LogP contribution >= 0.6 is 0 Å². The van der Waals surface area contributed by atoms with E-state index in [2.05, 4.69) is 30.3 Å². The van der Waals surface area contributed by atoms with Gasteiger partial charge in [0.05, 0.1) is 6.10 Å². The van der Waals surface area contributed by atoms with Gasteiger partial charge in [-0.2, -0.15) is 0 Å². The molecule has 0 aromatic rings. The zero-order valence-corrected chi connectivity index (χ0v) is 12.6. The van der Waals surface area contributed by atoms with E-state index in [1.807, 2.05) is 0 Å². The second-order valence-corrected chi connectivity index (χ2v) is 4.78. The lowest BCUT2D eigenvalue weighted by atomic mass is 10.1. The molecule has 2 unspecified atom stereocenters. The zero-order valence-electron chi connectivity index (χ0n) is 12.6. The Morgan fingerprint density at radius 1 is 0.952 bits per heavy atom. The molecule has 0 aromatic heterocycles. The van der Waals surface area contributed by atoms with Gasteiger partial charge in [0.2, 0.25) is 0 Å². The predicted molar refractivity (Wildman–Crippen MR) is 86.3 cm³/mol. The highest BCUT2D eigenvalue weighted by atomic mass is 16.3. The molecule has 0 spiro atoms. The molecule has 116 valence electrons. The summed E-state index contributed by atoms with van der Waals surface area (Å²) in [5, 5.41) is 27.4. The number of rotatable bonds is 10. The van der Waals surface area contributed by atoms with Crippen molar-refractivity contribution in [3.63, 3.8) is 0 Å². The van der Waals surface area contributed by atoms with E-state index in [4.69, 9.17) is 10.2 Å². The topological polar surface area (TPSA) is 60.7 Å². The summed E-state index contributed by atoms with van der Waals surface area (Å²) < 4.78 is 0. The number of aliphatic hydroxyl groups excluding tert-OH is 3. The summed E-state index contributed by atoms with van der Waals surface area (Å²) in [6, 6.07) is 0. The molecule has 2 atom stereocenters. The lowest BCUT2D eigenvalue weighted by Gasteiger charge is -2.04. The number of allylic oxidation sites excluding steroid dienone is 1. The fourth-order valence-corrected chi connectivity index (χ4v) is 1.67. The van der Waals surface area contributed by atoms with E-state index in [-0.39, 0.29) is 6.61 Å². The molecule has 0 heterocycles. The predicted octanol–water partition coefficient (Wildman–Crippen LogP) is 2.18. The molecule has 0 saturated heterocycles. The molecule has 3 N–H and O–H groups in total. The third-order valence-electron chi connectivity index (χ3n) is 2.89. The standard InChI is InChI=1S/C18H26O3/c1-2-17(20)13-9-6-7-11-15-18(21)14-10-5-3-4-8-12-16-19/h2,11,15,17-21H,1,3-5,8,10,12,14,16H2/b15-11+. The van der Waals surface area contributed by atoms with E-state index < -0.39 is 12.2 Å². The summed E-state index contributed by atoms with van der Waals surface area (Å²) in [6.45, 7) is 3.68. The van der Waals surface area contributed by atoms with Crippen LogP contribution in [0.3, 0.4) is 0 Å². The van der Waals surface area contributed by atoms with Crippen LogP contribution in [0.1, 0.15) is 44.9 Å². The molecule has 0 aromatic carbocycles. The molecule has 0 amide bonds. The minimum atomic E-state index is -0.841. The minimum absolute atomic E-state index is 0.279. The quantitative estimate of drug-likeness (QED) is 0.328. The second kappa shape index (κ2) is 14.9. The van der Waals surface area contributed by atoms with Gasteiger partial charge in [-0.05, 0) is 36.8 Å². The summed E-state index contributed by atoms with van der Waals surface area (Å²) in [5.41, 5.74) is 0. The smallest absolute Gasteiger partial charge is 0.134 e. The third kappa shape index (κ3) is 14.7. The lowest BCUT2D eigenvalue weighted by molar-refractivity contribution is 0.208. The Bertz CT molecular complexity index is 404. The minimum Gasteiger partial charge on any atom is -0.396 e. The van der Waals surface area contributed by atoms with E-state index >= 15 is 0 Å². The monoisotopic (exact) mass is 290 g/mol. The van der Waals surface area contributed by atoms with Crippen LogP contribution in [0.4, 0.5) is 0 Å². The highest BCUT2D eigenvalue weighted by Crippen LogP contribution is 2.09. The molecule has 0 aliphatic heterocycles. The molecule has 3 nitrogen and oxygen atoms in total. The van der Waals surface area contributed by atoms with E-state index in [1.54, 1.807) is 12.2 Å². The van der Waals surface area contributed by atoms with Crippen molar-refractivity contribution >= 4 is 0 Å². The van der Waals surface area contributed by atoms with Gasteiger partial charge in [-0.25, -0.2) is 0 Å². The molecule has 0 radical (unpaired) electrons. The average Bonchev–Trinajstić information content (AvgIpc) is 2.49. The third-order valence-corrected chi connectivity index (χ3v) is 2.89. The lowest BCUT2D eigenvalue weighted by Crippen LogP contribution is -2.01. The first-order chi connectivity index (χ1) is 10.2. The number of unbranched alkanes of at least 4 members (excludes halogenated alkanes) is 5. The van der Waals surface area contributed by atoms with Crippen molar-refractivity contribution in [3.05, 3.63) is 24.8 Å². The van der Waals surface area contributed by atoms with Crippen molar-refractivity contribution in [2.45, 2.75) is 57.2 Å². The number of hydrogen-bond acceptors (Lipinski definition) is 3. The van der Waals surface area contributed by atoms with Crippen LogP contribution in [0.2, 0.25) is 0 Å². The van der Waals surface area contributed by atoms with Crippen LogP contribution in [-0.2, 0) is 0 Å². The SMILES string of the molecule is C=CC(O)C#CC#C/C=C/C(O)CCCCCCCCO. The molecule has 0 bridgehead atoms. The van der Waals surface area contributed by atoms with Gasteiger partial charge < -0.3 is 15.3 Å². The van der Waals surface area contributed by atoms with Gasteiger partial charge in [-0.15, -0.1) is 0 Å². The fraction of sp³-hybridized carbons (Fsp3) is 0.556. The van der Waals surface area contributed by atoms with Gasteiger partial charge in [0, 0.05) is 6.61 Å². The molecular formula is C18H26O3. The maximum Gasteiger partial charge on any atom is 0.134 e. The van der Waals surface area contributed by atoms with Gasteiger partial charge in [0.25, 0.3) is 0 Å². The summed E-state index contributed by atoms with van der Waals surface area (Å²) in [6.07, 6.45) is 10.4. The van der Waals surface area contributed by atoms with Gasteiger partial charge in [-0.1, -0.05) is 56.6 Å². The average molecular weight is 290 g/mol. The van der Waals surface area contributed by atoms with Crippen molar-refractivity contribution < 1.29 is 15.3 Å². The Hall–Kier alpha value is -1.52. The van der Waals surface area contributed by atoms with E-state index in [9.17, 15) is 5.11 Å². The van der Waals surface area contributed by atoms with Gasteiger partial charge in [0.1, 0.15) is 6.10 Å². The van der Waals surface area contributed by atoms with Crippen molar-refractivity contribution in [3.8, 4) is 23.7 Å². The van der Waals surface area contributed by atoms with Crippen molar-refractivity contribution in [1.82, 2.24) is 0 Å². The summed E-state index contributed by atoms with van der Waals surface area (Å²) in [7, 11) is 0. The molecule has 0 rings (SSSR count). The van der Waals surface area contributed by atoms with Crippen LogP contribution in [0.15, 0.2) is 24.8 Å². The first kappa shape index (κ1) is 19.5. The van der Waals surface area contributed by atoms with Crippen molar-refractivity contribution in [1.29, 1.82) is 0 Å². The number of aliphatic hydroxyl groups is 3. The Morgan fingerprint density at radius 2 is 1.62 bits per heavy atom.